The van der Waals surface area contributed by atoms with Crippen molar-refractivity contribution >= 4 is 16.6 Å². The summed E-state index contributed by atoms with van der Waals surface area (Å²) in [6.45, 7) is 0. The molecule has 0 unspecified atom stereocenters. The van der Waals surface area contributed by atoms with E-state index >= 15 is 0 Å². The van der Waals surface area contributed by atoms with Gasteiger partial charge in [0.15, 0.2) is 11.6 Å². The number of aromatic amines is 1. The maximum Gasteiger partial charge on any atom is 0.297 e. The largest absolute Gasteiger partial charge is 0.355 e. The molecule has 0 aliphatic heterocycles. The fraction of sp³-hybridized carbons (Fsp3) is 0. The Kier molecular flexibility index (Phi) is 1.70. The molecule has 0 aliphatic rings. The van der Waals surface area contributed by atoms with Crippen LogP contribution >= 0.6 is 0 Å². The van der Waals surface area contributed by atoms with Crippen LogP contribution in [-0.2, 0) is 0 Å². The average Bonchev–Trinajstić information content (AvgIpc) is 2.55. The highest BCUT2D eigenvalue weighted by Gasteiger charge is 2.20. The highest BCUT2D eigenvalue weighted by molar-refractivity contribution is 5.89. The Bertz CT molecular complexity index is 521. The maximum atomic E-state index is 13.2. The number of H-pyrrole nitrogens is 1. The SMILES string of the molecule is O=[N+]([O-])c1c[nH]c2ccc(F)c(F)c12. The van der Waals surface area contributed by atoms with Gasteiger partial charge >= 0.3 is 0 Å². The van der Waals surface area contributed by atoms with Crippen LogP contribution in [-0.4, -0.2) is 9.91 Å². The van der Waals surface area contributed by atoms with Crippen molar-refractivity contribution in [2.75, 3.05) is 0 Å². The summed E-state index contributed by atoms with van der Waals surface area (Å²) in [5.74, 6) is -2.30. The van der Waals surface area contributed by atoms with Gasteiger partial charge in [0, 0.05) is 0 Å². The lowest BCUT2D eigenvalue weighted by Gasteiger charge is -1.93. The minimum absolute atomic E-state index is 0.204. The van der Waals surface area contributed by atoms with Crippen LogP contribution < -0.4 is 0 Å². The molecule has 0 fully saturated rings. The van der Waals surface area contributed by atoms with E-state index in [1.165, 1.54) is 6.07 Å². The Hall–Kier alpha value is -1.98. The molecule has 1 N–H and O–H groups in total. The van der Waals surface area contributed by atoms with Crippen LogP contribution in [0.25, 0.3) is 10.9 Å². The molecule has 14 heavy (non-hydrogen) atoms. The number of aromatic nitrogens is 1. The van der Waals surface area contributed by atoms with E-state index in [1.54, 1.807) is 0 Å². The molecule has 0 spiro atoms. The molecule has 6 heteroatoms. The first-order valence-electron chi connectivity index (χ1n) is 3.70. The molecule has 1 aromatic carbocycles. The molecule has 72 valence electrons. The third kappa shape index (κ3) is 1.04. The maximum absolute atomic E-state index is 13.2. The number of rotatable bonds is 1. The minimum Gasteiger partial charge on any atom is -0.355 e. The summed E-state index contributed by atoms with van der Waals surface area (Å²) in [5, 5.41) is 10.1. The Balaban J connectivity index is 2.89. The first-order chi connectivity index (χ1) is 6.61. The van der Waals surface area contributed by atoms with Crippen molar-refractivity contribution in [3.63, 3.8) is 0 Å². The average molecular weight is 198 g/mol. The molecule has 4 nitrogen and oxygen atoms in total. The Morgan fingerprint density at radius 3 is 2.71 bits per heavy atom. The Labute approximate surface area is 76.3 Å². The van der Waals surface area contributed by atoms with Crippen LogP contribution in [0.4, 0.5) is 14.5 Å². The molecule has 1 heterocycles. The Morgan fingerprint density at radius 2 is 2.07 bits per heavy atom. The predicted octanol–water partition coefficient (Wildman–Crippen LogP) is 2.35. The Morgan fingerprint density at radius 1 is 1.36 bits per heavy atom. The third-order valence-electron chi connectivity index (χ3n) is 1.91. The second kappa shape index (κ2) is 2.76. The zero-order valence-corrected chi connectivity index (χ0v) is 6.75. The molecule has 1 aromatic heterocycles. The van der Waals surface area contributed by atoms with Crippen LogP contribution in [0.15, 0.2) is 18.3 Å². The predicted molar refractivity (Wildman–Crippen MR) is 44.9 cm³/mol. The lowest BCUT2D eigenvalue weighted by Crippen LogP contribution is -1.89. The van der Waals surface area contributed by atoms with Crippen molar-refractivity contribution in [1.82, 2.24) is 4.98 Å². The van der Waals surface area contributed by atoms with E-state index in [9.17, 15) is 18.9 Å². The second-order valence-electron chi connectivity index (χ2n) is 2.71. The normalized spacial score (nSPS) is 10.7. The molecule has 0 saturated carbocycles. The lowest BCUT2D eigenvalue weighted by atomic mass is 10.2. The number of nitrogens with one attached hydrogen (secondary N) is 1. The summed E-state index contributed by atoms with van der Waals surface area (Å²) in [6.07, 6.45) is 1.03. The van der Waals surface area contributed by atoms with E-state index < -0.39 is 22.2 Å². The molecule has 0 atom stereocenters. The first-order valence-corrected chi connectivity index (χ1v) is 3.70. The van der Waals surface area contributed by atoms with E-state index in [4.69, 9.17) is 0 Å². The van der Waals surface area contributed by atoms with Gasteiger partial charge in [0.1, 0.15) is 5.39 Å². The van der Waals surface area contributed by atoms with Crippen molar-refractivity contribution in [2.45, 2.75) is 0 Å². The van der Waals surface area contributed by atoms with Crippen molar-refractivity contribution < 1.29 is 13.7 Å². The summed E-state index contributed by atoms with van der Waals surface area (Å²) in [5.41, 5.74) is -0.257. The van der Waals surface area contributed by atoms with Crippen LogP contribution in [0.3, 0.4) is 0 Å². The van der Waals surface area contributed by atoms with Crippen LogP contribution in [0.1, 0.15) is 0 Å². The number of hydrogen-bond donors (Lipinski definition) is 1. The van der Waals surface area contributed by atoms with E-state index in [1.807, 2.05) is 0 Å². The molecule has 2 rings (SSSR count). The molecule has 0 bridgehead atoms. The van der Waals surface area contributed by atoms with E-state index in [0.717, 1.165) is 12.3 Å². The highest BCUT2D eigenvalue weighted by Crippen LogP contribution is 2.28. The molecule has 0 radical (unpaired) electrons. The smallest absolute Gasteiger partial charge is 0.297 e. The lowest BCUT2D eigenvalue weighted by molar-refractivity contribution is -0.383. The van der Waals surface area contributed by atoms with Gasteiger partial charge in [-0.05, 0) is 12.1 Å². The number of nitrogens with zero attached hydrogens (tertiary/aromatic N) is 1. The van der Waals surface area contributed by atoms with Crippen LogP contribution in [0, 0.1) is 21.7 Å². The van der Waals surface area contributed by atoms with Gasteiger partial charge in [-0.2, -0.15) is 0 Å². The third-order valence-corrected chi connectivity index (χ3v) is 1.91. The molecular formula is C8H4F2N2O2. The summed E-state index contributed by atoms with van der Waals surface area (Å²) in [7, 11) is 0. The van der Waals surface area contributed by atoms with Gasteiger partial charge in [-0.3, -0.25) is 10.1 Å². The molecule has 0 aliphatic carbocycles. The topological polar surface area (TPSA) is 58.9 Å². The minimum atomic E-state index is -1.20. The van der Waals surface area contributed by atoms with Gasteiger partial charge < -0.3 is 4.98 Å². The molecule has 0 saturated heterocycles. The second-order valence-corrected chi connectivity index (χ2v) is 2.71. The number of fused-ring (bicyclic) bond motifs is 1. The van der Waals surface area contributed by atoms with Crippen molar-refractivity contribution in [1.29, 1.82) is 0 Å². The standard InChI is InChI=1S/C8H4F2N2O2/c9-4-1-2-5-7(8(4)10)6(3-11-5)12(13)14/h1-3,11H. The number of benzene rings is 1. The van der Waals surface area contributed by atoms with E-state index in [-0.39, 0.29) is 10.9 Å². The number of hydrogen-bond acceptors (Lipinski definition) is 2. The quantitative estimate of drug-likeness (QED) is 0.564. The number of nitro groups is 1. The van der Waals surface area contributed by atoms with Crippen molar-refractivity contribution in [2.24, 2.45) is 0 Å². The molecule has 0 amide bonds. The van der Waals surface area contributed by atoms with Gasteiger partial charge in [0.25, 0.3) is 5.69 Å². The van der Waals surface area contributed by atoms with Gasteiger partial charge in [0.05, 0.1) is 16.6 Å². The zero-order valence-electron chi connectivity index (χ0n) is 6.75. The summed E-state index contributed by atoms with van der Waals surface area (Å²) in [6, 6.07) is 2.17. The monoisotopic (exact) mass is 198 g/mol. The van der Waals surface area contributed by atoms with Crippen molar-refractivity contribution in [3.05, 3.63) is 40.1 Å². The fourth-order valence-corrected chi connectivity index (χ4v) is 1.28. The van der Waals surface area contributed by atoms with Crippen LogP contribution in [0.2, 0.25) is 0 Å². The summed E-state index contributed by atoms with van der Waals surface area (Å²) in [4.78, 5) is 12.2. The highest BCUT2D eigenvalue weighted by atomic mass is 19.2. The van der Waals surface area contributed by atoms with E-state index in [2.05, 4.69) is 4.98 Å². The number of halogens is 2. The van der Waals surface area contributed by atoms with Crippen LogP contribution in [0.5, 0.6) is 0 Å². The van der Waals surface area contributed by atoms with Gasteiger partial charge in [0.2, 0.25) is 0 Å². The zero-order chi connectivity index (χ0) is 10.3. The summed E-state index contributed by atoms with van der Waals surface area (Å²) < 4.78 is 25.9. The summed E-state index contributed by atoms with van der Waals surface area (Å²) >= 11 is 0. The van der Waals surface area contributed by atoms with Gasteiger partial charge in [-0.15, -0.1) is 0 Å². The first kappa shape index (κ1) is 8.61. The van der Waals surface area contributed by atoms with Gasteiger partial charge in [-0.1, -0.05) is 0 Å². The molecular weight excluding hydrogens is 194 g/mol. The fourth-order valence-electron chi connectivity index (χ4n) is 1.28. The molecule has 2 aromatic rings. The van der Waals surface area contributed by atoms with Crippen molar-refractivity contribution in [3.8, 4) is 0 Å². The van der Waals surface area contributed by atoms with Gasteiger partial charge in [-0.25, -0.2) is 8.78 Å². The van der Waals surface area contributed by atoms with E-state index in [0.29, 0.717) is 0 Å².